The van der Waals surface area contributed by atoms with Crippen molar-refractivity contribution in [2.24, 2.45) is 5.92 Å². The van der Waals surface area contributed by atoms with Gasteiger partial charge in [-0.3, -0.25) is 9.59 Å². The minimum atomic E-state index is -0.0186. The molecule has 1 aliphatic rings. The first kappa shape index (κ1) is 18.2. The summed E-state index contributed by atoms with van der Waals surface area (Å²) < 4.78 is 5.14. The Morgan fingerprint density at radius 2 is 1.54 bits per heavy atom. The van der Waals surface area contributed by atoms with Gasteiger partial charge in [0.25, 0.3) is 5.91 Å². The lowest BCUT2D eigenvalue weighted by Gasteiger charge is -2.31. The van der Waals surface area contributed by atoms with Gasteiger partial charge in [0.15, 0.2) is 5.78 Å². The average Bonchev–Trinajstić information content (AvgIpc) is 2.73. The van der Waals surface area contributed by atoms with E-state index in [-0.39, 0.29) is 17.6 Å². The fraction of sp³-hybridized carbons (Fsp3) is 0.364. The minimum Gasteiger partial charge on any atom is -0.497 e. The highest BCUT2D eigenvalue weighted by Gasteiger charge is 2.28. The molecule has 0 atom stereocenters. The highest BCUT2D eigenvalue weighted by Crippen LogP contribution is 2.24. The van der Waals surface area contributed by atoms with E-state index in [9.17, 15) is 9.59 Å². The number of methoxy groups -OCH3 is 1. The van der Waals surface area contributed by atoms with Crippen LogP contribution in [0, 0.1) is 5.92 Å². The number of rotatable bonds is 5. The molecule has 1 amide bonds. The Balaban J connectivity index is 1.59. The van der Waals surface area contributed by atoms with Crippen molar-refractivity contribution in [3.63, 3.8) is 0 Å². The number of carbonyl (C=O) groups is 2. The molecule has 0 saturated carbocycles. The van der Waals surface area contributed by atoms with Crippen molar-refractivity contribution < 1.29 is 14.3 Å². The first-order chi connectivity index (χ1) is 12.6. The third kappa shape index (κ3) is 3.96. The van der Waals surface area contributed by atoms with E-state index in [0.717, 1.165) is 17.7 Å². The molecule has 2 aromatic rings. The molecule has 1 heterocycles. The third-order valence-corrected chi connectivity index (χ3v) is 5.14. The maximum atomic E-state index is 12.7. The molecule has 0 radical (unpaired) electrons. The number of hydrogen-bond acceptors (Lipinski definition) is 3. The SMILES string of the molecule is CCc1ccc(C(=O)N2CCC(C(=O)c3ccc(OC)cc3)CC2)cc1. The summed E-state index contributed by atoms with van der Waals surface area (Å²) in [6.45, 7) is 3.35. The Labute approximate surface area is 154 Å². The van der Waals surface area contributed by atoms with Crippen molar-refractivity contribution in [3.8, 4) is 5.75 Å². The summed E-state index contributed by atoms with van der Waals surface area (Å²) in [4.78, 5) is 27.2. The minimum absolute atomic E-state index is 0.0186. The Kier molecular flexibility index (Phi) is 5.71. The summed E-state index contributed by atoms with van der Waals surface area (Å²) in [6, 6.07) is 15.1. The second-order valence-electron chi connectivity index (χ2n) is 6.71. The van der Waals surface area contributed by atoms with E-state index in [1.165, 1.54) is 5.56 Å². The summed E-state index contributed by atoms with van der Waals surface area (Å²) in [5.74, 6) is 0.945. The summed E-state index contributed by atoms with van der Waals surface area (Å²) in [5, 5.41) is 0. The Morgan fingerprint density at radius 1 is 0.962 bits per heavy atom. The Hall–Kier alpha value is -2.62. The monoisotopic (exact) mass is 351 g/mol. The van der Waals surface area contributed by atoms with Crippen molar-refractivity contribution in [2.75, 3.05) is 20.2 Å². The van der Waals surface area contributed by atoms with Crippen LogP contribution >= 0.6 is 0 Å². The van der Waals surface area contributed by atoms with Crippen molar-refractivity contribution >= 4 is 11.7 Å². The van der Waals surface area contributed by atoms with Crippen LogP contribution in [0.25, 0.3) is 0 Å². The molecule has 0 spiro atoms. The van der Waals surface area contributed by atoms with Gasteiger partial charge in [-0.25, -0.2) is 0 Å². The van der Waals surface area contributed by atoms with Crippen LogP contribution in [0.4, 0.5) is 0 Å². The topological polar surface area (TPSA) is 46.6 Å². The predicted octanol–water partition coefficient (Wildman–Crippen LogP) is 3.99. The molecule has 26 heavy (non-hydrogen) atoms. The summed E-state index contributed by atoms with van der Waals surface area (Å²) in [6.07, 6.45) is 2.39. The van der Waals surface area contributed by atoms with Gasteiger partial charge >= 0.3 is 0 Å². The molecule has 0 bridgehead atoms. The van der Waals surface area contributed by atoms with E-state index in [4.69, 9.17) is 4.74 Å². The average molecular weight is 351 g/mol. The van der Waals surface area contributed by atoms with E-state index >= 15 is 0 Å². The van der Waals surface area contributed by atoms with E-state index in [0.29, 0.717) is 31.5 Å². The van der Waals surface area contributed by atoms with Crippen molar-refractivity contribution in [1.82, 2.24) is 4.90 Å². The van der Waals surface area contributed by atoms with Crippen molar-refractivity contribution in [2.45, 2.75) is 26.2 Å². The largest absolute Gasteiger partial charge is 0.497 e. The molecule has 0 aromatic heterocycles. The fourth-order valence-corrected chi connectivity index (χ4v) is 3.40. The lowest BCUT2D eigenvalue weighted by Crippen LogP contribution is -2.40. The standard InChI is InChI=1S/C22H25NO3/c1-3-16-4-6-19(7-5-16)22(25)23-14-12-18(13-15-23)21(24)17-8-10-20(26-2)11-9-17/h4-11,18H,3,12-15H2,1-2H3. The quantitative estimate of drug-likeness (QED) is 0.765. The molecule has 1 fully saturated rings. The van der Waals surface area contributed by atoms with Crippen LogP contribution in [-0.2, 0) is 6.42 Å². The maximum Gasteiger partial charge on any atom is 0.253 e. The van der Waals surface area contributed by atoms with Gasteiger partial charge in [-0.15, -0.1) is 0 Å². The number of nitrogens with zero attached hydrogens (tertiary/aromatic N) is 1. The van der Waals surface area contributed by atoms with Gasteiger partial charge in [-0.2, -0.15) is 0 Å². The Morgan fingerprint density at radius 3 is 2.08 bits per heavy atom. The molecular formula is C22H25NO3. The summed E-state index contributed by atoms with van der Waals surface area (Å²) in [7, 11) is 1.61. The lowest BCUT2D eigenvalue weighted by molar-refractivity contribution is 0.0650. The van der Waals surface area contributed by atoms with E-state index in [1.54, 1.807) is 7.11 Å². The van der Waals surface area contributed by atoms with Gasteiger partial charge in [0.1, 0.15) is 5.75 Å². The number of likely N-dealkylation sites (tertiary alicyclic amines) is 1. The van der Waals surface area contributed by atoms with Crippen LogP contribution < -0.4 is 4.74 Å². The normalized spacial score (nSPS) is 14.9. The zero-order chi connectivity index (χ0) is 18.5. The van der Waals surface area contributed by atoms with Gasteiger partial charge in [0.2, 0.25) is 0 Å². The highest BCUT2D eigenvalue weighted by atomic mass is 16.5. The van der Waals surface area contributed by atoms with Gasteiger partial charge in [-0.1, -0.05) is 19.1 Å². The van der Waals surface area contributed by atoms with Gasteiger partial charge in [0, 0.05) is 30.1 Å². The summed E-state index contributed by atoms with van der Waals surface area (Å²) in [5.41, 5.74) is 2.67. The van der Waals surface area contributed by atoms with E-state index < -0.39 is 0 Å². The first-order valence-corrected chi connectivity index (χ1v) is 9.19. The van der Waals surface area contributed by atoms with Crippen LogP contribution in [0.2, 0.25) is 0 Å². The highest BCUT2D eigenvalue weighted by molar-refractivity contribution is 5.98. The van der Waals surface area contributed by atoms with Crippen LogP contribution in [0.15, 0.2) is 48.5 Å². The third-order valence-electron chi connectivity index (χ3n) is 5.14. The number of Topliss-reactive ketones (excluding diaryl/α,β-unsaturated/α-hetero) is 1. The molecule has 4 heteroatoms. The van der Waals surface area contributed by atoms with Crippen LogP contribution in [0.5, 0.6) is 5.75 Å². The van der Waals surface area contributed by atoms with Gasteiger partial charge < -0.3 is 9.64 Å². The molecule has 0 aliphatic carbocycles. The Bertz CT molecular complexity index is 689. The predicted molar refractivity (Wildman–Crippen MR) is 102 cm³/mol. The molecule has 1 aliphatic heterocycles. The number of piperidine rings is 1. The smallest absolute Gasteiger partial charge is 0.253 e. The first-order valence-electron chi connectivity index (χ1n) is 9.19. The van der Waals surface area contributed by atoms with Gasteiger partial charge in [0.05, 0.1) is 7.11 Å². The molecule has 0 N–H and O–H groups in total. The second-order valence-corrected chi connectivity index (χ2v) is 6.71. The second kappa shape index (κ2) is 8.17. The van der Waals surface area contributed by atoms with Crippen LogP contribution in [-0.4, -0.2) is 36.8 Å². The van der Waals surface area contributed by atoms with Crippen LogP contribution in [0.1, 0.15) is 46.0 Å². The number of aryl methyl sites for hydroxylation is 1. The number of ether oxygens (including phenoxy) is 1. The molecule has 136 valence electrons. The molecule has 2 aromatic carbocycles. The number of benzene rings is 2. The van der Waals surface area contributed by atoms with E-state index in [1.807, 2.05) is 53.4 Å². The van der Waals surface area contributed by atoms with E-state index in [2.05, 4.69) is 6.92 Å². The lowest BCUT2D eigenvalue weighted by atomic mass is 9.88. The summed E-state index contributed by atoms with van der Waals surface area (Å²) >= 11 is 0. The number of carbonyl (C=O) groups excluding carboxylic acids is 2. The maximum absolute atomic E-state index is 12.7. The zero-order valence-electron chi connectivity index (χ0n) is 15.4. The van der Waals surface area contributed by atoms with Crippen molar-refractivity contribution in [1.29, 1.82) is 0 Å². The molecular weight excluding hydrogens is 326 g/mol. The molecule has 4 nitrogen and oxygen atoms in total. The van der Waals surface area contributed by atoms with Gasteiger partial charge in [-0.05, 0) is 61.2 Å². The molecule has 0 unspecified atom stereocenters. The van der Waals surface area contributed by atoms with Crippen molar-refractivity contribution in [3.05, 3.63) is 65.2 Å². The zero-order valence-corrected chi connectivity index (χ0v) is 15.4. The fourth-order valence-electron chi connectivity index (χ4n) is 3.40. The number of ketones is 1. The molecule has 1 saturated heterocycles. The molecule has 3 rings (SSSR count). The number of hydrogen-bond donors (Lipinski definition) is 0. The number of amides is 1. The van der Waals surface area contributed by atoms with Crippen LogP contribution in [0.3, 0.4) is 0 Å².